The van der Waals surface area contributed by atoms with Gasteiger partial charge in [0.25, 0.3) is 10.0 Å². The van der Waals surface area contributed by atoms with Crippen molar-refractivity contribution in [3.05, 3.63) is 130 Å². The minimum absolute atomic E-state index is 0.0690. The molecule has 4 aromatic carbocycles. The summed E-state index contributed by atoms with van der Waals surface area (Å²) >= 11 is 6.14. The van der Waals surface area contributed by atoms with Crippen LogP contribution >= 0.6 is 11.6 Å². The number of hydrogen-bond donors (Lipinski definition) is 1. The van der Waals surface area contributed by atoms with Crippen molar-refractivity contribution in [1.29, 1.82) is 0 Å². The van der Waals surface area contributed by atoms with Gasteiger partial charge >= 0.3 is 0 Å². The van der Waals surface area contributed by atoms with E-state index < -0.39 is 28.5 Å². The van der Waals surface area contributed by atoms with Gasteiger partial charge in [0.05, 0.1) is 10.6 Å². The highest BCUT2D eigenvalue weighted by Crippen LogP contribution is 2.29. The van der Waals surface area contributed by atoms with Crippen molar-refractivity contribution >= 4 is 39.1 Å². The molecule has 230 valence electrons. The lowest BCUT2D eigenvalue weighted by Gasteiger charge is -2.34. The summed E-state index contributed by atoms with van der Waals surface area (Å²) in [5.74, 6) is -0.810. The molecule has 0 saturated carbocycles. The number of amides is 2. The van der Waals surface area contributed by atoms with E-state index in [1.54, 1.807) is 48.5 Å². The SMILES string of the molecule is CCCNC(=O)C(Cc1ccccc1)N(Cc1ccc(Cl)cc1)C(=O)CN(c1cc(C)ccc1C)S(=O)(=O)c1ccccc1. The molecule has 0 aromatic heterocycles. The largest absolute Gasteiger partial charge is 0.354 e. The lowest BCUT2D eigenvalue weighted by molar-refractivity contribution is -0.140. The molecule has 0 spiro atoms. The molecule has 0 heterocycles. The van der Waals surface area contributed by atoms with Crippen LogP contribution in [0.1, 0.15) is 35.6 Å². The molecule has 1 atom stereocenters. The highest BCUT2D eigenvalue weighted by Gasteiger charge is 2.35. The van der Waals surface area contributed by atoms with Crippen LogP contribution in [-0.4, -0.2) is 44.3 Å². The molecule has 1 N–H and O–H groups in total. The first-order valence-corrected chi connectivity index (χ1v) is 16.4. The van der Waals surface area contributed by atoms with E-state index in [2.05, 4.69) is 5.32 Å². The van der Waals surface area contributed by atoms with E-state index in [1.165, 1.54) is 17.0 Å². The van der Waals surface area contributed by atoms with Gasteiger partial charge in [0.2, 0.25) is 11.8 Å². The summed E-state index contributed by atoms with van der Waals surface area (Å²) in [5, 5.41) is 3.50. The highest BCUT2D eigenvalue weighted by molar-refractivity contribution is 7.92. The van der Waals surface area contributed by atoms with Crippen LogP contribution in [0.15, 0.2) is 108 Å². The molecule has 2 amide bonds. The number of halogens is 1. The average Bonchev–Trinajstić information content (AvgIpc) is 3.03. The van der Waals surface area contributed by atoms with Crippen LogP contribution < -0.4 is 9.62 Å². The lowest BCUT2D eigenvalue weighted by Crippen LogP contribution is -2.53. The van der Waals surface area contributed by atoms with Crippen molar-refractivity contribution in [2.75, 3.05) is 17.4 Å². The van der Waals surface area contributed by atoms with E-state index in [9.17, 15) is 18.0 Å². The number of carbonyl (C=O) groups excluding carboxylic acids is 2. The van der Waals surface area contributed by atoms with Crippen molar-refractivity contribution in [1.82, 2.24) is 10.2 Å². The number of hydrogen-bond acceptors (Lipinski definition) is 4. The number of sulfonamides is 1. The number of aryl methyl sites for hydroxylation is 2. The molecule has 7 nitrogen and oxygen atoms in total. The van der Waals surface area contributed by atoms with Crippen LogP contribution in [0, 0.1) is 13.8 Å². The summed E-state index contributed by atoms with van der Waals surface area (Å²) in [6.07, 6.45) is 0.981. The summed E-state index contributed by atoms with van der Waals surface area (Å²) < 4.78 is 29.5. The zero-order valence-corrected chi connectivity index (χ0v) is 26.8. The summed E-state index contributed by atoms with van der Waals surface area (Å²) in [6.45, 7) is 5.68. The summed E-state index contributed by atoms with van der Waals surface area (Å²) in [4.78, 5) is 29.8. The number of anilines is 1. The average molecular weight is 632 g/mol. The van der Waals surface area contributed by atoms with E-state index >= 15 is 0 Å². The normalized spacial score (nSPS) is 11.9. The Morgan fingerprint density at radius 2 is 1.48 bits per heavy atom. The van der Waals surface area contributed by atoms with Crippen molar-refractivity contribution in [2.45, 2.75) is 51.1 Å². The second-order valence-corrected chi connectivity index (χ2v) is 13.1. The van der Waals surface area contributed by atoms with Crippen molar-refractivity contribution in [3.8, 4) is 0 Å². The second kappa shape index (κ2) is 15.0. The first kappa shape index (κ1) is 32.8. The van der Waals surface area contributed by atoms with Gasteiger partial charge in [-0.15, -0.1) is 0 Å². The van der Waals surface area contributed by atoms with E-state index in [1.807, 2.05) is 63.2 Å². The Kier molecular flexibility index (Phi) is 11.2. The van der Waals surface area contributed by atoms with E-state index in [-0.39, 0.29) is 23.8 Å². The van der Waals surface area contributed by atoms with Crippen LogP contribution in [0.25, 0.3) is 0 Å². The van der Waals surface area contributed by atoms with Crippen LogP contribution in [0.4, 0.5) is 5.69 Å². The molecule has 0 bridgehead atoms. The van der Waals surface area contributed by atoms with Gasteiger partial charge in [-0.2, -0.15) is 0 Å². The molecular formula is C35H38ClN3O4S. The summed E-state index contributed by atoms with van der Waals surface area (Å²) in [6, 6.07) is 29.2. The van der Waals surface area contributed by atoms with Gasteiger partial charge in [-0.25, -0.2) is 8.42 Å². The van der Waals surface area contributed by atoms with Crippen molar-refractivity contribution in [3.63, 3.8) is 0 Å². The highest BCUT2D eigenvalue weighted by atomic mass is 35.5. The number of carbonyl (C=O) groups is 2. The van der Waals surface area contributed by atoms with E-state index in [4.69, 9.17) is 11.6 Å². The fraction of sp³-hybridized carbons (Fsp3) is 0.257. The predicted molar refractivity (Wildman–Crippen MR) is 176 cm³/mol. The third kappa shape index (κ3) is 8.27. The Hall–Kier alpha value is -4.14. The van der Waals surface area contributed by atoms with Crippen LogP contribution in [0.3, 0.4) is 0 Å². The molecule has 0 fully saturated rings. The monoisotopic (exact) mass is 631 g/mol. The van der Waals surface area contributed by atoms with Crippen LogP contribution in [-0.2, 0) is 32.6 Å². The molecule has 4 rings (SSSR count). The quantitative estimate of drug-likeness (QED) is 0.187. The number of nitrogens with one attached hydrogen (secondary N) is 1. The fourth-order valence-electron chi connectivity index (χ4n) is 4.93. The first-order valence-electron chi connectivity index (χ1n) is 14.6. The molecule has 0 aliphatic heterocycles. The first-order chi connectivity index (χ1) is 21.1. The van der Waals surface area contributed by atoms with Crippen LogP contribution in [0.2, 0.25) is 5.02 Å². The topological polar surface area (TPSA) is 86.8 Å². The minimum atomic E-state index is -4.15. The predicted octanol–water partition coefficient (Wildman–Crippen LogP) is 6.32. The summed E-state index contributed by atoms with van der Waals surface area (Å²) in [7, 11) is -4.15. The maximum absolute atomic E-state index is 14.5. The van der Waals surface area contributed by atoms with Gasteiger partial charge in [0, 0.05) is 24.5 Å². The molecule has 44 heavy (non-hydrogen) atoms. The smallest absolute Gasteiger partial charge is 0.264 e. The van der Waals surface area contributed by atoms with Gasteiger partial charge < -0.3 is 10.2 Å². The Morgan fingerprint density at radius 3 is 2.11 bits per heavy atom. The second-order valence-electron chi connectivity index (χ2n) is 10.8. The Balaban J connectivity index is 1.81. The van der Waals surface area contributed by atoms with E-state index in [0.717, 1.165) is 27.4 Å². The van der Waals surface area contributed by atoms with Crippen LogP contribution in [0.5, 0.6) is 0 Å². The summed E-state index contributed by atoms with van der Waals surface area (Å²) in [5.41, 5.74) is 3.59. The van der Waals surface area contributed by atoms with Gasteiger partial charge in [0.1, 0.15) is 12.6 Å². The number of nitrogens with zero attached hydrogens (tertiary/aromatic N) is 2. The maximum Gasteiger partial charge on any atom is 0.264 e. The van der Waals surface area contributed by atoms with Crippen molar-refractivity contribution < 1.29 is 18.0 Å². The molecule has 0 radical (unpaired) electrons. The third-order valence-corrected chi connectivity index (χ3v) is 9.36. The zero-order valence-electron chi connectivity index (χ0n) is 25.2. The fourth-order valence-corrected chi connectivity index (χ4v) is 6.55. The third-order valence-electron chi connectivity index (χ3n) is 7.33. The minimum Gasteiger partial charge on any atom is -0.354 e. The Morgan fingerprint density at radius 1 is 0.841 bits per heavy atom. The van der Waals surface area contributed by atoms with Crippen molar-refractivity contribution in [2.24, 2.45) is 0 Å². The maximum atomic E-state index is 14.5. The standard InChI is InChI=1S/C35H38ClN3O4S/c1-4-21-37-35(41)33(23-28-11-7-5-8-12-28)38(24-29-17-19-30(36)20-18-29)34(40)25-39(32-22-26(2)15-16-27(32)3)44(42,43)31-13-9-6-10-14-31/h5-20,22,33H,4,21,23-25H2,1-3H3,(H,37,41). The molecule has 0 saturated heterocycles. The molecule has 0 aliphatic carbocycles. The molecule has 1 unspecified atom stereocenters. The molecule has 4 aromatic rings. The molecule has 0 aliphatic rings. The van der Waals surface area contributed by atoms with Gasteiger partial charge in [-0.1, -0.05) is 91.3 Å². The van der Waals surface area contributed by atoms with E-state index in [0.29, 0.717) is 22.8 Å². The zero-order chi connectivity index (χ0) is 31.7. The Bertz CT molecular complexity index is 1660. The lowest BCUT2D eigenvalue weighted by atomic mass is 10.0. The number of benzene rings is 4. The Labute approximate surface area is 265 Å². The molecular weight excluding hydrogens is 594 g/mol. The number of rotatable bonds is 13. The van der Waals surface area contributed by atoms with Gasteiger partial charge in [0.15, 0.2) is 0 Å². The van der Waals surface area contributed by atoms with Gasteiger partial charge in [-0.3, -0.25) is 13.9 Å². The van der Waals surface area contributed by atoms with Gasteiger partial charge in [-0.05, 0) is 72.9 Å². The molecule has 9 heteroatoms.